The van der Waals surface area contributed by atoms with Gasteiger partial charge in [0.15, 0.2) is 0 Å². The molecule has 20 heavy (non-hydrogen) atoms. The molecule has 0 saturated carbocycles. The van der Waals surface area contributed by atoms with Crippen LogP contribution >= 0.6 is 0 Å². The Morgan fingerprint density at radius 2 is 2.05 bits per heavy atom. The zero-order valence-electron chi connectivity index (χ0n) is 11.8. The van der Waals surface area contributed by atoms with Crippen LogP contribution in [0.25, 0.3) is 0 Å². The molecular weight excluding hydrogens is 248 g/mol. The Morgan fingerprint density at radius 1 is 1.20 bits per heavy atom. The Hall–Kier alpha value is -1.65. The van der Waals surface area contributed by atoms with Gasteiger partial charge in [-0.3, -0.25) is 4.90 Å². The molecule has 1 aromatic heterocycles. The van der Waals surface area contributed by atoms with Gasteiger partial charge in [-0.05, 0) is 18.4 Å². The molecule has 0 bridgehead atoms. The molecule has 0 amide bonds. The van der Waals surface area contributed by atoms with E-state index in [1.54, 1.807) is 0 Å². The fourth-order valence-corrected chi connectivity index (χ4v) is 2.93. The van der Waals surface area contributed by atoms with E-state index >= 15 is 0 Å². The highest BCUT2D eigenvalue weighted by molar-refractivity contribution is 5.14. The van der Waals surface area contributed by atoms with E-state index in [2.05, 4.69) is 51.0 Å². The van der Waals surface area contributed by atoms with Crippen molar-refractivity contribution in [1.29, 1.82) is 0 Å². The van der Waals surface area contributed by atoms with Crippen LogP contribution in [-0.4, -0.2) is 33.6 Å². The van der Waals surface area contributed by atoms with Crippen molar-refractivity contribution in [2.75, 3.05) is 13.1 Å². The predicted molar refractivity (Wildman–Crippen MR) is 80.2 cm³/mol. The van der Waals surface area contributed by atoms with Crippen LogP contribution in [0.1, 0.15) is 17.8 Å². The molecule has 0 aliphatic carbocycles. The summed E-state index contributed by atoms with van der Waals surface area (Å²) in [7, 11) is 0. The molecule has 0 fully saturated rings. The summed E-state index contributed by atoms with van der Waals surface area (Å²) in [5.41, 5.74) is 7.39. The molecule has 106 valence electrons. The van der Waals surface area contributed by atoms with Crippen molar-refractivity contribution in [2.45, 2.75) is 32.0 Å². The Labute approximate surface area is 120 Å². The first-order valence-electron chi connectivity index (χ1n) is 7.35. The van der Waals surface area contributed by atoms with Crippen molar-refractivity contribution < 1.29 is 0 Å². The lowest BCUT2D eigenvalue weighted by atomic mass is 10.0. The summed E-state index contributed by atoms with van der Waals surface area (Å²) < 4.78 is 2.24. The maximum atomic E-state index is 5.99. The van der Waals surface area contributed by atoms with Gasteiger partial charge in [-0.2, -0.15) is 0 Å². The lowest BCUT2D eigenvalue weighted by Crippen LogP contribution is -2.45. The molecule has 4 heteroatoms. The van der Waals surface area contributed by atoms with Crippen molar-refractivity contribution in [3.8, 4) is 0 Å². The molecule has 2 heterocycles. The van der Waals surface area contributed by atoms with Crippen molar-refractivity contribution in [3.63, 3.8) is 0 Å². The standard InChI is InChI=1S/C16H22N4/c17-12-15(7-6-14-4-2-1-3-5-14)20-11-10-19-9-8-18-16(19)13-20/h1-5,8-9,15H,6-7,10-13,17H2. The number of aryl methyl sites for hydroxylation is 1. The monoisotopic (exact) mass is 270 g/mol. The summed E-state index contributed by atoms with van der Waals surface area (Å²) in [5.74, 6) is 1.16. The summed E-state index contributed by atoms with van der Waals surface area (Å²) >= 11 is 0. The number of imidazole rings is 1. The van der Waals surface area contributed by atoms with Gasteiger partial charge in [-0.1, -0.05) is 30.3 Å². The number of fused-ring (bicyclic) bond motifs is 1. The Bertz CT molecular complexity index is 534. The quantitative estimate of drug-likeness (QED) is 0.899. The third-order valence-corrected chi connectivity index (χ3v) is 4.17. The van der Waals surface area contributed by atoms with Gasteiger partial charge >= 0.3 is 0 Å². The Balaban J connectivity index is 1.60. The van der Waals surface area contributed by atoms with Crippen molar-refractivity contribution in [3.05, 3.63) is 54.1 Å². The summed E-state index contributed by atoms with van der Waals surface area (Å²) in [6, 6.07) is 11.1. The second-order valence-corrected chi connectivity index (χ2v) is 5.42. The number of hydrogen-bond donors (Lipinski definition) is 1. The van der Waals surface area contributed by atoms with Crippen molar-refractivity contribution >= 4 is 0 Å². The van der Waals surface area contributed by atoms with E-state index in [-0.39, 0.29) is 0 Å². The van der Waals surface area contributed by atoms with Crippen LogP contribution in [0.2, 0.25) is 0 Å². The zero-order valence-corrected chi connectivity index (χ0v) is 11.8. The van der Waals surface area contributed by atoms with Gasteiger partial charge in [-0.15, -0.1) is 0 Å². The molecular formula is C16H22N4. The second-order valence-electron chi connectivity index (χ2n) is 5.42. The first-order chi connectivity index (χ1) is 9.86. The molecule has 0 spiro atoms. The first kappa shape index (κ1) is 13.3. The van der Waals surface area contributed by atoms with E-state index in [9.17, 15) is 0 Å². The summed E-state index contributed by atoms with van der Waals surface area (Å²) in [6.07, 6.45) is 6.16. The molecule has 1 unspecified atom stereocenters. The zero-order chi connectivity index (χ0) is 13.8. The van der Waals surface area contributed by atoms with Crippen LogP contribution in [0.5, 0.6) is 0 Å². The normalized spacial score (nSPS) is 16.9. The fourth-order valence-electron chi connectivity index (χ4n) is 2.93. The molecule has 0 saturated heterocycles. The highest BCUT2D eigenvalue weighted by atomic mass is 15.3. The largest absolute Gasteiger partial charge is 0.333 e. The summed E-state index contributed by atoms with van der Waals surface area (Å²) in [5, 5.41) is 0. The third kappa shape index (κ3) is 2.92. The lowest BCUT2D eigenvalue weighted by molar-refractivity contribution is 0.149. The number of hydrogen-bond acceptors (Lipinski definition) is 3. The van der Waals surface area contributed by atoms with Gasteiger partial charge in [0.1, 0.15) is 5.82 Å². The molecule has 2 aromatic rings. The molecule has 1 atom stereocenters. The minimum absolute atomic E-state index is 0.445. The third-order valence-electron chi connectivity index (χ3n) is 4.17. The van der Waals surface area contributed by atoms with Gasteiger partial charge in [-0.25, -0.2) is 4.98 Å². The van der Waals surface area contributed by atoms with Crippen molar-refractivity contribution in [1.82, 2.24) is 14.5 Å². The first-order valence-corrected chi connectivity index (χ1v) is 7.35. The highest BCUT2D eigenvalue weighted by Gasteiger charge is 2.22. The van der Waals surface area contributed by atoms with Gasteiger partial charge in [0, 0.05) is 38.1 Å². The fraction of sp³-hybridized carbons (Fsp3) is 0.438. The predicted octanol–water partition coefficient (Wildman–Crippen LogP) is 1.66. The maximum Gasteiger partial charge on any atom is 0.122 e. The summed E-state index contributed by atoms with van der Waals surface area (Å²) in [6.45, 7) is 3.73. The smallest absolute Gasteiger partial charge is 0.122 e. The minimum atomic E-state index is 0.445. The molecule has 1 aromatic carbocycles. The number of benzene rings is 1. The average Bonchev–Trinajstić information content (AvgIpc) is 2.96. The van der Waals surface area contributed by atoms with E-state index in [0.717, 1.165) is 38.3 Å². The van der Waals surface area contributed by atoms with E-state index in [1.165, 1.54) is 5.56 Å². The molecule has 1 aliphatic rings. The molecule has 2 N–H and O–H groups in total. The number of nitrogens with two attached hydrogens (primary N) is 1. The SMILES string of the molecule is NCC(CCc1ccccc1)N1CCn2ccnc2C1. The van der Waals surface area contributed by atoms with Gasteiger partial charge in [0.25, 0.3) is 0 Å². The maximum absolute atomic E-state index is 5.99. The van der Waals surface area contributed by atoms with Gasteiger partial charge < -0.3 is 10.3 Å². The number of rotatable bonds is 5. The van der Waals surface area contributed by atoms with Crippen LogP contribution in [0, 0.1) is 0 Å². The topological polar surface area (TPSA) is 47.1 Å². The molecule has 0 radical (unpaired) electrons. The molecule has 1 aliphatic heterocycles. The Kier molecular flexibility index (Phi) is 4.14. The van der Waals surface area contributed by atoms with E-state index < -0.39 is 0 Å². The summed E-state index contributed by atoms with van der Waals surface area (Å²) in [4.78, 5) is 6.90. The Morgan fingerprint density at radius 3 is 2.85 bits per heavy atom. The van der Waals surface area contributed by atoms with Crippen molar-refractivity contribution in [2.24, 2.45) is 5.73 Å². The van der Waals surface area contributed by atoms with Crippen LogP contribution < -0.4 is 5.73 Å². The van der Waals surface area contributed by atoms with E-state index in [1.807, 2.05) is 6.20 Å². The number of nitrogens with zero attached hydrogens (tertiary/aromatic N) is 3. The van der Waals surface area contributed by atoms with Gasteiger partial charge in [0.05, 0.1) is 6.54 Å². The lowest BCUT2D eigenvalue weighted by Gasteiger charge is -2.34. The average molecular weight is 270 g/mol. The second kappa shape index (κ2) is 6.20. The van der Waals surface area contributed by atoms with E-state index in [4.69, 9.17) is 5.73 Å². The number of aromatic nitrogens is 2. The van der Waals surface area contributed by atoms with E-state index in [0.29, 0.717) is 12.6 Å². The molecule has 4 nitrogen and oxygen atoms in total. The highest BCUT2D eigenvalue weighted by Crippen LogP contribution is 2.16. The molecule has 3 rings (SSSR count). The minimum Gasteiger partial charge on any atom is -0.333 e. The van der Waals surface area contributed by atoms with Crippen LogP contribution in [0.3, 0.4) is 0 Å². The van der Waals surface area contributed by atoms with Gasteiger partial charge in [0.2, 0.25) is 0 Å². The van der Waals surface area contributed by atoms with Crippen LogP contribution in [0.15, 0.2) is 42.7 Å². The van der Waals surface area contributed by atoms with Crippen LogP contribution in [0.4, 0.5) is 0 Å². The van der Waals surface area contributed by atoms with Crippen LogP contribution in [-0.2, 0) is 19.5 Å².